The van der Waals surface area contributed by atoms with E-state index in [1.807, 2.05) is 6.07 Å². The normalized spacial score (nSPS) is 13.8. The second-order valence-electron chi connectivity index (χ2n) is 6.13. The van der Waals surface area contributed by atoms with Gasteiger partial charge in [-0.15, -0.1) is 0 Å². The fourth-order valence-corrected chi connectivity index (χ4v) is 2.98. The minimum absolute atomic E-state index is 0.00716. The number of hydrogen-bond donors (Lipinski definition) is 1. The molecule has 2 aromatic heterocycles. The molecule has 1 aliphatic rings. The molecule has 2 aromatic rings. The first-order valence-electron chi connectivity index (χ1n) is 8.23. The molecule has 1 atom stereocenters. The van der Waals surface area contributed by atoms with Crippen LogP contribution in [0.15, 0.2) is 18.5 Å². The van der Waals surface area contributed by atoms with E-state index in [-0.39, 0.29) is 18.7 Å². The summed E-state index contributed by atoms with van der Waals surface area (Å²) in [5.41, 5.74) is 7.65. The molecule has 11 heteroatoms. The maximum atomic E-state index is 12.5. The summed E-state index contributed by atoms with van der Waals surface area (Å²) in [5.74, 6) is -4.05. The maximum Gasteiger partial charge on any atom is 0.491 e. The number of aryl methyl sites for hydroxylation is 2. The van der Waals surface area contributed by atoms with E-state index in [0.29, 0.717) is 29.7 Å². The van der Waals surface area contributed by atoms with Gasteiger partial charge in [-0.3, -0.25) is 9.67 Å². The van der Waals surface area contributed by atoms with E-state index in [9.17, 15) is 22.8 Å². The first kappa shape index (κ1) is 19.5. The van der Waals surface area contributed by atoms with Crippen LogP contribution in [0.4, 0.5) is 13.2 Å². The van der Waals surface area contributed by atoms with Gasteiger partial charge in [0, 0.05) is 30.1 Å². The number of carbonyl (C=O) groups is 2. The lowest BCUT2D eigenvalue weighted by Gasteiger charge is -2.15. The molecule has 3 rings (SSSR count). The molecule has 0 spiro atoms. The van der Waals surface area contributed by atoms with Gasteiger partial charge in [0.05, 0.1) is 17.8 Å². The number of halogens is 3. The van der Waals surface area contributed by atoms with Crippen LogP contribution in [0.2, 0.25) is 0 Å². The number of pyridine rings is 1. The fourth-order valence-electron chi connectivity index (χ4n) is 2.98. The number of esters is 2. The highest BCUT2D eigenvalue weighted by molar-refractivity contribution is 5.99. The highest BCUT2D eigenvalue weighted by Gasteiger charge is 2.43. The standard InChI is InChI=1S/C17H14F3N5O3/c18-17(19,20)16(27)28-15(26)14-12-2-1-9-8-23-5-3-11(9)13(12)24-25(14)6-4-10(22)7-21/h3,5,8,10H,1-2,4,6,22H2. The summed E-state index contributed by atoms with van der Waals surface area (Å²) in [7, 11) is 0. The Morgan fingerprint density at radius 3 is 2.82 bits per heavy atom. The number of aromatic nitrogens is 3. The number of nitrogens with two attached hydrogens (primary N) is 1. The van der Waals surface area contributed by atoms with Crippen molar-refractivity contribution in [3.63, 3.8) is 0 Å². The van der Waals surface area contributed by atoms with Crippen molar-refractivity contribution in [3.05, 3.63) is 35.3 Å². The molecule has 0 saturated carbocycles. The summed E-state index contributed by atoms with van der Waals surface area (Å²) in [6.07, 6.45) is -1.22. The van der Waals surface area contributed by atoms with Crippen LogP contribution in [0.5, 0.6) is 0 Å². The molecule has 28 heavy (non-hydrogen) atoms. The topological polar surface area (TPSA) is 124 Å². The van der Waals surface area contributed by atoms with Crippen molar-refractivity contribution < 1.29 is 27.5 Å². The summed E-state index contributed by atoms with van der Waals surface area (Å²) in [6, 6.07) is 2.66. The second kappa shape index (κ2) is 7.40. The van der Waals surface area contributed by atoms with Gasteiger partial charge < -0.3 is 10.5 Å². The molecule has 146 valence electrons. The number of alkyl halides is 3. The Morgan fingerprint density at radius 1 is 1.39 bits per heavy atom. The van der Waals surface area contributed by atoms with Crippen molar-refractivity contribution in [2.75, 3.05) is 0 Å². The third-order valence-corrected chi connectivity index (χ3v) is 4.28. The molecular formula is C17H14F3N5O3. The van der Waals surface area contributed by atoms with Crippen LogP contribution in [0.1, 0.15) is 28.0 Å². The molecule has 0 amide bonds. The average molecular weight is 393 g/mol. The molecule has 0 fully saturated rings. The number of fused-ring (bicyclic) bond motifs is 3. The second-order valence-corrected chi connectivity index (χ2v) is 6.13. The largest absolute Gasteiger partial charge is 0.491 e. The van der Waals surface area contributed by atoms with Crippen molar-refractivity contribution in [3.8, 4) is 17.3 Å². The molecule has 0 saturated heterocycles. The van der Waals surface area contributed by atoms with E-state index in [1.54, 1.807) is 12.3 Å². The van der Waals surface area contributed by atoms with E-state index >= 15 is 0 Å². The summed E-state index contributed by atoms with van der Waals surface area (Å²) >= 11 is 0. The van der Waals surface area contributed by atoms with Gasteiger partial charge in [-0.1, -0.05) is 0 Å². The Morgan fingerprint density at radius 2 is 2.14 bits per heavy atom. The van der Waals surface area contributed by atoms with Crippen LogP contribution >= 0.6 is 0 Å². The lowest BCUT2D eigenvalue weighted by molar-refractivity contribution is -0.193. The van der Waals surface area contributed by atoms with Crippen LogP contribution in [0.25, 0.3) is 11.3 Å². The quantitative estimate of drug-likeness (QED) is 0.617. The average Bonchev–Trinajstić information content (AvgIpc) is 3.04. The Hall–Kier alpha value is -3.26. The zero-order chi connectivity index (χ0) is 20.5. The number of carbonyl (C=O) groups excluding carboxylic acids is 2. The van der Waals surface area contributed by atoms with Crippen LogP contribution in [0, 0.1) is 11.3 Å². The molecule has 1 unspecified atom stereocenters. The van der Waals surface area contributed by atoms with Crippen molar-refractivity contribution in [1.29, 1.82) is 5.26 Å². The number of hydrogen-bond acceptors (Lipinski definition) is 7. The molecule has 0 aromatic carbocycles. The molecule has 2 N–H and O–H groups in total. The first-order chi connectivity index (χ1) is 13.2. The van der Waals surface area contributed by atoms with Crippen LogP contribution < -0.4 is 5.73 Å². The number of ether oxygens (including phenoxy) is 1. The summed E-state index contributed by atoms with van der Waals surface area (Å²) < 4.78 is 42.6. The molecular weight excluding hydrogens is 379 g/mol. The fraction of sp³-hybridized carbons (Fsp3) is 0.353. The molecule has 0 bridgehead atoms. The van der Waals surface area contributed by atoms with Crippen molar-refractivity contribution in [2.24, 2.45) is 5.73 Å². The van der Waals surface area contributed by atoms with Gasteiger partial charge in [-0.25, -0.2) is 9.59 Å². The van der Waals surface area contributed by atoms with Gasteiger partial charge in [0.15, 0.2) is 5.69 Å². The molecule has 0 radical (unpaired) electrons. The Bertz CT molecular complexity index is 977. The number of nitriles is 1. The maximum absolute atomic E-state index is 12.5. The predicted octanol–water partition coefficient (Wildman–Crippen LogP) is 1.53. The van der Waals surface area contributed by atoms with E-state index < -0.39 is 24.2 Å². The Kier molecular flexibility index (Phi) is 5.15. The SMILES string of the molecule is N#CC(N)CCn1nc2c(c1C(=O)OC(=O)C(F)(F)F)CCc1cnccc1-2. The van der Waals surface area contributed by atoms with Gasteiger partial charge in [0.1, 0.15) is 0 Å². The van der Waals surface area contributed by atoms with E-state index in [2.05, 4.69) is 14.8 Å². The van der Waals surface area contributed by atoms with Crippen LogP contribution in [-0.4, -0.2) is 38.9 Å². The summed E-state index contributed by atoms with van der Waals surface area (Å²) in [4.78, 5) is 27.5. The van der Waals surface area contributed by atoms with Gasteiger partial charge in [0.2, 0.25) is 0 Å². The zero-order valence-electron chi connectivity index (χ0n) is 14.4. The van der Waals surface area contributed by atoms with Gasteiger partial charge in [0.25, 0.3) is 0 Å². The first-order valence-corrected chi connectivity index (χ1v) is 8.23. The predicted molar refractivity (Wildman–Crippen MR) is 87.5 cm³/mol. The molecule has 0 aliphatic heterocycles. The van der Waals surface area contributed by atoms with Crippen molar-refractivity contribution >= 4 is 11.9 Å². The molecule has 8 nitrogen and oxygen atoms in total. The lowest BCUT2D eigenvalue weighted by Crippen LogP contribution is -2.30. The van der Waals surface area contributed by atoms with Crippen LogP contribution in [0.3, 0.4) is 0 Å². The number of nitrogens with zero attached hydrogens (tertiary/aromatic N) is 4. The number of rotatable bonds is 4. The zero-order valence-corrected chi connectivity index (χ0v) is 14.4. The highest BCUT2D eigenvalue weighted by atomic mass is 19.4. The van der Waals surface area contributed by atoms with E-state index in [1.165, 1.54) is 6.20 Å². The van der Waals surface area contributed by atoms with Crippen molar-refractivity contribution in [1.82, 2.24) is 14.8 Å². The molecule has 1 aliphatic carbocycles. The van der Waals surface area contributed by atoms with E-state index in [0.717, 1.165) is 10.2 Å². The smallest absolute Gasteiger partial charge is 0.381 e. The van der Waals surface area contributed by atoms with Gasteiger partial charge in [-0.05, 0) is 30.9 Å². The van der Waals surface area contributed by atoms with Crippen LogP contribution in [-0.2, 0) is 28.9 Å². The minimum atomic E-state index is -5.30. The highest BCUT2D eigenvalue weighted by Crippen LogP contribution is 2.34. The minimum Gasteiger partial charge on any atom is -0.381 e. The lowest BCUT2D eigenvalue weighted by atomic mass is 9.90. The Balaban J connectivity index is 2.02. The van der Waals surface area contributed by atoms with Gasteiger partial charge in [-0.2, -0.15) is 23.5 Å². The summed E-state index contributed by atoms with van der Waals surface area (Å²) in [5, 5.41) is 13.1. The van der Waals surface area contributed by atoms with Gasteiger partial charge >= 0.3 is 18.1 Å². The monoisotopic (exact) mass is 393 g/mol. The van der Waals surface area contributed by atoms with Crippen molar-refractivity contribution in [2.45, 2.75) is 38.0 Å². The third-order valence-electron chi connectivity index (χ3n) is 4.28. The summed E-state index contributed by atoms with van der Waals surface area (Å²) in [6.45, 7) is -0.00716. The third kappa shape index (κ3) is 3.72. The van der Waals surface area contributed by atoms with E-state index in [4.69, 9.17) is 11.0 Å². The Labute approximate surface area is 156 Å². The molecule has 2 heterocycles.